The van der Waals surface area contributed by atoms with E-state index in [0.29, 0.717) is 23.5 Å². The minimum Gasteiger partial charge on any atom is -0.465 e. The lowest BCUT2D eigenvalue weighted by Gasteiger charge is -2.16. The summed E-state index contributed by atoms with van der Waals surface area (Å²) in [6.45, 7) is 9.88. The minimum atomic E-state index is -1.06. The van der Waals surface area contributed by atoms with Crippen LogP contribution in [0.2, 0.25) is 0 Å². The molecule has 8 heteroatoms. The molecule has 0 aliphatic rings. The number of amides is 2. The molecule has 0 aliphatic carbocycles. The maximum atomic E-state index is 11.9. The molecule has 1 atom stereocenters. The van der Waals surface area contributed by atoms with Crippen LogP contribution >= 0.6 is 0 Å². The number of aromatic nitrogens is 2. The van der Waals surface area contributed by atoms with E-state index in [2.05, 4.69) is 27.2 Å². The average molecular weight is 383 g/mol. The first-order valence-corrected chi connectivity index (χ1v) is 8.93. The summed E-state index contributed by atoms with van der Waals surface area (Å²) in [5.74, 6) is -0.447. The fourth-order valence-corrected chi connectivity index (χ4v) is 2.74. The highest BCUT2D eigenvalue weighted by Crippen LogP contribution is 2.25. The van der Waals surface area contributed by atoms with Crippen LogP contribution in [0.25, 0.3) is 5.57 Å². The Labute approximate surface area is 163 Å². The third kappa shape index (κ3) is 5.06. The first-order valence-electron chi connectivity index (χ1n) is 8.93. The van der Waals surface area contributed by atoms with Gasteiger partial charge in [-0.15, -0.1) is 0 Å². The normalized spacial score (nSPS) is 11.5. The van der Waals surface area contributed by atoms with Crippen molar-refractivity contribution in [2.24, 2.45) is 5.73 Å². The molecule has 1 heterocycles. The summed E-state index contributed by atoms with van der Waals surface area (Å²) in [5.41, 5.74) is 9.21. The lowest BCUT2D eigenvalue weighted by molar-refractivity contribution is 0.0996. The number of nitrogens with two attached hydrogens (primary N) is 1. The van der Waals surface area contributed by atoms with Crippen molar-refractivity contribution in [3.8, 4) is 0 Å². The predicted octanol–water partition coefficient (Wildman–Crippen LogP) is 3.29. The van der Waals surface area contributed by atoms with Crippen molar-refractivity contribution in [1.82, 2.24) is 15.3 Å². The Morgan fingerprint density at radius 2 is 2.00 bits per heavy atom. The lowest BCUT2D eigenvalue weighted by Crippen LogP contribution is -2.25. The Kier molecular flexibility index (Phi) is 6.70. The van der Waals surface area contributed by atoms with Crippen molar-refractivity contribution < 1.29 is 14.7 Å². The highest BCUT2D eigenvalue weighted by Gasteiger charge is 2.18. The number of aryl methyl sites for hydroxylation is 1. The van der Waals surface area contributed by atoms with E-state index in [1.807, 2.05) is 45.0 Å². The molecule has 0 bridgehead atoms. The Bertz CT molecular complexity index is 911. The highest BCUT2D eigenvalue weighted by molar-refractivity contribution is 5.96. The third-order valence-electron chi connectivity index (χ3n) is 4.22. The topological polar surface area (TPSA) is 130 Å². The quantitative estimate of drug-likeness (QED) is 0.553. The first-order chi connectivity index (χ1) is 13.2. The molecular weight excluding hydrogens is 358 g/mol. The van der Waals surface area contributed by atoms with Crippen molar-refractivity contribution in [2.75, 3.05) is 11.9 Å². The largest absolute Gasteiger partial charge is 0.465 e. The molecule has 2 rings (SSSR count). The zero-order valence-electron chi connectivity index (χ0n) is 16.2. The summed E-state index contributed by atoms with van der Waals surface area (Å²) in [7, 11) is 0. The Hall–Kier alpha value is -3.42. The minimum absolute atomic E-state index is 0.0343. The second kappa shape index (κ2) is 8.98. The second-order valence-electron chi connectivity index (χ2n) is 6.55. The third-order valence-corrected chi connectivity index (χ3v) is 4.22. The van der Waals surface area contributed by atoms with Crippen LogP contribution in [0.5, 0.6) is 0 Å². The summed E-state index contributed by atoms with van der Waals surface area (Å²) in [6, 6.07) is 7.43. The number of hydrogen-bond donors (Lipinski definition) is 4. The number of primary amides is 1. The highest BCUT2D eigenvalue weighted by atomic mass is 16.4. The van der Waals surface area contributed by atoms with Crippen molar-refractivity contribution in [2.45, 2.75) is 33.1 Å². The van der Waals surface area contributed by atoms with E-state index < -0.39 is 12.0 Å². The standard InChI is InChI=1S/C20H25N5O3/c1-5-15-16(11(2)3)25-19(17(24-15)18(21)26)23-14-8-6-7-13(9-14)12(4)10-22-20(27)28/h6-9,12,22H,2,5,10H2,1,3-4H3,(H2,21,26)(H,23,25)(H,27,28)/t12-/m0/s1. The van der Waals surface area contributed by atoms with Gasteiger partial charge in [0.05, 0.1) is 11.4 Å². The molecule has 0 spiro atoms. The average Bonchev–Trinajstić information content (AvgIpc) is 2.65. The van der Waals surface area contributed by atoms with E-state index in [0.717, 1.165) is 11.1 Å². The number of carbonyl (C=O) groups excluding carboxylic acids is 1. The van der Waals surface area contributed by atoms with Gasteiger partial charge in [-0.3, -0.25) is 4.79 Å². The SMILES string of the molecule is C=C(C)c1nc(Nc2cccc([C@@H](C)CNC(=O)O)c2)c(C(N)=O)nc1CC. The molecule has 0 aliphatic heterocycles. The van der Waals surface area contributed by atoms with E-state index in [1.165, 1.54) is 0 Å². The van der Waals surface area contributed by atoms with Crippen molar-refractivity contribution in [1.29, 1.82) is 0 Å². The zero-order valence-corrected chi connectivity index (χ0v) is 16.2. The van der Waals surface area contributed by atoms with Gasteiger partial charge in [0.1, 0.15) is 0 Å². The molecule has 8 nitrogen and oxygen atoms in total. The summed E-state index contributed by atoms with van der Waals surface area (Å²) >= 11 is 0. The zero-order chi connectivity index (χ0) is 20.8. The molecule has 148 valence electrons. The summed E-state index contributed by atoms with van der Waals surface area (Å²) < 4.78 is 0. The van der Waals surface area contributed by atoms with Gasteiger partial charge < -0.3 is 21.5 Å². The molecule has 2 amide bonds. The fraction of sp³-hybridized carbons (Fsp3) is 0.300. The van der Waals surface area contributed by atoms with Gasteiger partial charge in [-0.2, -0.15) is 0 Å². The maximum Gasteiger partial charge on any atom is 0.404 e. The number of carbonyl (C=O) groups is 2. The van der Waals surface area contributed by atoms with E-state index in [-0.39, 0.29) is 24.0 Å². The molecule has 2 aromatic rings. The van der Waals surface area contributed by atoms with Gasteiger partial charge in [-0.25, -0.2) is 14.8 Å². The van der Waals surface area contributed by atoms with Gasteiger partial charge in [0.25, 0.3) is 5.91 Å². The van der Waals surface area contributed by atoms with Crippen molar-refractivity contribution in [3.63, 3.8) is 0 Å². The van der Waals surface area contributed by atoms with Crippen LogP contribution in [-0.4, -0.2) is 33.6 Å². The Balaban J connectivity index is 2.38. The van der Waals surface area contributed by atoms with Crippen molar-refractivity contribution >= 4 is 29.1 Å². The van der Waals surface area contributed by atoms with Gasteiger partial charge in [-0.05, 0) is 42.5 Å². The van der Waals surface area contributed by atoms with Crippen LogP contribution in [0.3, 0.4) is 0 Å². The first kappa shape index (κ1) is 20.9. The fourth-order valence-electron chi connectivity index (χ4n) is 2.74. The van der Waals surface area contributed by atoms with Crippen molar-refractivity contribution in [3.05, 3.63) is 53.5 Å². The molecule has 0 saturated carbocycles. The molecule has 0 saturated heterocycles. The van der Waals surface area contributed by atoms with Gasteiger partial charge in [0, 0.05) is 12.2 Å². The smallest absolute Gasteiger partial charge is 0.404 e. The summed E-state index contributed by atoms with van der Waals surface area (Å²) in [5, 5.41) is 14.2. The predicted molar refractivity (Wildman–Crippen MR) is 109 cm³/mol. The maximum absolute atomic E-state index is 11.9. The molecular formula is C20H25N5O3. The number of carboxylic acid groups (broad SMARTS) is 1. The number of hydrogen-bond acceptors (Lipinski definition) is 5. The number of nitrogens with zero attached hydrogens (tertiary/aromatic N) is 2. The molecule has 1 aromatic heterocycles. The number of benzene rings is 1. The second-order valence-corrected chi connectivity index (χ2v) is 6.55. The van der Waals surface area contributed by atoms with E-state index in [9.17, 15) is 9.59 Å². The van der Waals surface area contributed by atoms with Crippen LogP contribution in [0, 0.1) is 0 Å². The molecule has 28 heavy (non-hydrogen) atoms. The molecule has 0 radical (unpaired) electrons. The van der Waals surface area contributed by atoms with Gasteiger partial charge in [-0.1, -0.05) is 32.6 Å². The molecule has 1 aromatic carbocycles. The number of rotatable bonds is 8. The molecule has 0 unspecified atom stereocenters. The van der Waals surface area contributed by atoms with E-state index >= 15 is 0 Å². The Morgan fingerprint density at radius 1 is 1.29 bits per heavy atom. The van der Waals surface area contributed by atoms with E-state index in [1.54, 1.807) is 0 Å². The molecule has 5 N–H and O–H groups in total. The molecule has 0 fully saturated rings. The number of nitrogens with one attached hydrogen (secondary N) is 2. The lowest BCUT2D eigenvalue weighted by atomic mass is 10.0. The van der Waals surface area contributed by atoms with Gasteiger partial charge in [0.2, 0.25) is 0 Å². The monoisotopic (exact) mass is 383 g/mol. The van der Waals surface area contributed by atoms with Crippen LogP contribution in [0.4, 0.5) is 16.3 Å². The Morgan fingerprint density at radius 3 is 2.57 bits per heavy atom. The number of allylic oxidation sites excluding steroid dienone is 1. The van der Waals surface area contributed by atoms with Gasteiger partial charge >= 0.3 is 6.09 Å². The summed E-state index contributed by atoms with van der Waals surface area (Å²) in [4.78, 5) is 31.5. The van der Waals surface area contributed by atoms with E-state index in [4.69, 9.17) is 10.8 Å². The summed E-state index contributed by atoms with van der Waals surface area (Å²) in [6.07, 6.45) is -0.467. The van der Waals surface area contributed by atoms with Crippen LogP contribution in [0.15, 0.2) is 30.8 Å². The van der Waals surface area contributed by atoms with Gasteiger partial charge in [0.15, 0.2) is 11.5 Å². The number of anilines is 2. The van der Waals surface area contributed by atoms with Crippen LogP contribution < -0.4 is 16.4 Å². The van der Waals surface area contributed by atoms with Crippen LogP contribution in [-0.2, 0) is 6.42 Å². The van der Waals surface area contributed by atoms with Crippen LogP contribution in [0.1, 0.15) is 54.1 Å².